The van der Waals surface area contributed by atoms with E-state index in [4.69, 9.17) is 0 Å². The van der Waals surface area contributed by atoms with Crippen molar-refractivity contribution in [2.45, 2.75) is 59.0 Å². The van der Waals surface area contributed by atoms with Gasteiger partial charge in [-0.1, -0.05) is 38.8 Å². The number of rotatable bonds is 0. The number of fused-ring (bicyclic) bond motifs is 1. The third kappa shape index (κ3) is 1.33. The first-order valence-corrected chi connectivity index (χ1v) is 5.86. The van der Waals surface area contributed by atoms with Crippen molar-refractivity contribution in [3.05, 3.63) is 11.6 Å². The largest absolute Gasteiger partial charge is 0.392 e. The zero-order valence-electron chi connectivity index (χ0n) is 9.64. The lowest BCUT2D eigenvalue weighted by Gasteiger charge is -2.50. The van der Waals surface area contributed by atoms with Crippen LogP contribution in [-0.2, 0) is 0 Å². The first-order valence-electron chi connectivity index (χ1n) is 5.86. The summed E-state index contributed by atoms with van der Waals surface area (Å²) in [5.41, 5.74) is 1.92. The van der Waals surface area contributed by atoms with Gasteiger partial charge in [0.1, 0.15) is 0 Å². The van der Waals surface area contributed by atoms with Gasteiger partial charge in [-0.25, -0.2) is 0 Å². The highest BCUT2D eigenvalue weighted by Gasteiger charge is 2.46. The first-order chi connectivity index (χ1) is 6.47. The molecule has 0 aliphatic heterocycles. The van der Waals surface area contributed by atoms with E-state index in [1.165, 1.54) is 24.8 Å². The number of aliphatic hydroxyl groups excluding tert-OH is 1. The Hall–Kier alpha value is -0.300. The highest BCUT2D eigenvalue weighted by atomic mass is 16.3. The number of hydrogen-bond acceptors (Lipinski definition) is 1. The van der Waals surface area contributed by atoms with E-state index in [0.717, 1.165) is 12.8 Å². The lowest BCUT2D eigenvalue weighted by Crippen LogP contribution is -2.44. The van der Waals surface area contributed by atoms with Crippen molar-refractivity contribution in [3.8, 4) is 0 Å². The van der Waals surface area contributed by atoms with Gasteiger partial charge < -0.3 is 5.11 Å². The molecule has 0 heterocycles. The fourth-order valence-corrected chi connectivity index (χ4v) is 3.50. The minimum atomic E-state index is -0.109. The van der Waals surface area contributed by atoms with E-state index in [9.17, 15) is 5.11 Å². The second kappa shape index (κ2) is 3.10. The van der Waals surface area contributed by atoms with Crippen LogP contribution in [0.4, 0.5) is 0 Å². The van der Waals surface area contributed by atoms with Gasteiger partial charge in [-0.3, -0.25) is 0 Å². The summed E-state index contributed by atoms with van der Waals surface area (Å²) in [5, 5.41) is 10.2. The minimum absolute atomic E-state index is 0.0833. The van der Waals surface area contributed by atoms with E-state index in [1.54, 1.807) is 0 Å². The molecule has 2 rings (SSSR count). The second-order valence-electron chi connectivity index (χ2n) is 5.87. The summed E-state index contributed by atoms with van der Waals surface area (Å²) in [5.74, 6) is 0. The third-order valence-corrected chi connectivity index (χ3v) is 4.37. The molecule has 0 aromatic rings. The molecule has 0 aromatic carbocycles. The van der Waals surface area contributed by atoms with E-state index in [-0.39, 0.29) is 11.5 Å². The smallest absolute Gasteiger partial charge is 0.0634 e. The quantitative estimate of drug-likeness (QED) is 0.587. The molecule has 0 saturated heterocycles. The monoisotopic (exact) mass is 194 g/mol. The maximum Gasteiger partial charge on any atom is 0.0634 e. The van der Waals surface area contributed by atoms with E-state index in [1.807, 2.05) is 0 Å². The fraction of sp³-hybridized carbons (Fsp3) is 0.846. The van der Waals surface area contributed by atoms with Crippen molar-refractivity contribution in [1.82, 2.24) is 0 Å². The minimum Gasteiger partial charge on any atom is -0.392 e. The average Bonchev–Trinajstić information content (AvgIpc) is 2.08. The predicted octanol–water partition coefficient (Wildman–Crippen LogP) is 3.28. The van der Waals surface area contributed by atoms with E-state index in [2.05, 4.69) is 26.8 Å². The molecule has 2 atom stereocenters. The van der Waals surface area contributed by atoms with Gasteiger partial charge >= 0.3 is 0 Å². The van der Waals surface area contributed by atoms with Crippen LogP contribution < -0.4 is 0 Å². The van der Waals surface area contributed by atoms with Gasteiger partial charge in [0.05, 0.1) is 6.10 Å². The van der Waals surface area contributed by atoms with Crippen molar-refractivity contribution in [2.24, 2.45) is 10.8 Å². The van der Waals surface area contributed by atoms with Crippen LogP contribution in [0.3, 0.4) is 0 Å². The molecule has 1 nitrogen and oxygen atoms in total. The zero-order valence-corrected chi connectivity index (χ0v) is 9.64. The maximum absolute atomic E-state index is 10.2. The summed E-state index contributed by atoms with van der Waals surface area (Å²) in [6.45, 7) is 6.91. The van der Waals surface area contributed by atoms with Gasteiger partial charge in [0.25, 0.3) is 0 Å². The molecule has 0 radical (unpaired) electrons. The molecule has 1 fully saturated rings. The Balaban J connectivity index is 2.40. The SMILES string of the molecule is CC1(C)CCCC2(C)C1=CCCC2O. The van der Waals surface area contributed by atoms with Crippen LogP contribution in [0.1, 0.15) is 52.9 Å². The third-order valence-electron chi connectivity index (χ3n) is 4.37. The van der Waals surface area contributed by atoms with Crippen LogP contribution >= 0.6 is 0 Å². The van der Waals surface area contributed by atoms with Crippen molar-refractivity contribution in [3.63, 3.8) is 0 Å². The Morgan fingerprint density at radius 3 is 2.64 bits per heavy atom. The van der Waals surface area contributed by atoms with Crippen molar-refractivity contribution in [1.29, 1.82) is 0 Å². The fourth-order valence-electron chi connectivity index (χ4n) is 3.50. The Labute approximate surface area is 87.2 Å². The molecule has 2 unspecified atom stereocenters. The number of aliphatic hydroxyl groups is 1. The Kier molecular flexibility index (Phi) is 2.26. The van der Waals surface area contributed by atoms with Crippen LogP contribution in [0.15, 0.2) is 11.6 Å². The van der Waals surface area contributed by atoms with Gasteiger partial charge in [0.15, 0.2) is 0 Å². The van der Waals surface area contributed by atoms with Crippen LogP contribution in [0.25, 0.3) is 0 Å². The highest BCUT2D eigenvalue weighted by molar-refractivity contribution is 5.27. The predicted molar refractivity (Wildman–Crippen MR) is 59.1 cm³/mol. The molecule has 80 valence electrons. The van der Waals surface area contributed by atoms with Crippen molar-refractivity contribution < 1.29 is 5.11 Å². The van der Waals surface area contributed by atoms with Gasteiger partial charge in [0.2, 0.25) is 0 Å². The summed E-state index contributed by atoms with van der Waals surface area (Å²) >= 11 is 0. The van der Waals surface area contributed by atoms with Crippen LogP contribution in [0, 0.1) is 10.8 Å². The molecule has 2 aliphatic carbocycles. The van der Waals surface area contributed by atoms with E-state index < -0.39 is 0 Å². The molecule has 0 amide bonds. The zero-order chi connectivity index (χ0) is 10.4. The van der Waals surface area contributed by atoms with Gasteiger partial charge in [-0.05, 0) is 31.1 Å². The summed E-state index contributed by atoms with van der Waals surface area (Å²) in [7, 11) is 0. The van der Waals surface area contributed by atoms with E-state index >= 15 is 0 Å². The van der Waals surface area contributed by atoms with Crippen LogP contribution in [0.5, 0.6) is 0 Å². The standard InChI is InChI=1S/C13H22O/c1-12(2)8-5-9-13(3)10(12)6-4-7-11(13)14/h6,11,14H,4-5,7-9H2,1-3H3. The molecule has 14 heavy (non-hydrogen) atoms. The topological polar surface area (TPSA) is 20.2 Å². The normalized spacial score (nSPS) is 41.4. The molecule has 1 heteroatoms. The Morgan fingerprint density at radius 1 is 1.29 bits per heavy atom. The van der Waals surface area contributed by atoms with Gasteiger partial charge in [0, 0.05) is 5.41 Å². The average molecular weight is 194 g/mol. The molecular weight excluding hydrogens is 172 g/mol. The lowest BCUT2D eigenvalue weighted by atomic mass is 9.56. The molecule has 1 N–H and O–H groups in total. The number of hydrogen-bond donors (Lipinski definition) is 1. The van der Waals surface area contributed by atoms with Gasteiger partial charge in [-0.15, -0.1) is 0 Å². The number of allylic oxidation sites excluding steroid dienone is 1. The van der Waals surface area contributed by atoms with Gasteiger partial charge in [-0.2, -0.15) is 0 Å². The summed E-state index contributed by atoms with van der Waals surface area (Å²) < 4.78 is 0. The summed E-state index contributed by atoms with van der Waals surface area (Å²) in [4.78, 5) is 0. The maximum atomic E-state index is 10.2. The van der Waals surface area contributed by atoms with Crippen molar-refractivity contribution >= 4 is 0 Å². The second-order valence-corrected chi connectivity index (χ2v) is 5.87. The Morgan fingerprint density at radius 2 is 2.00 bits per heavy atom. The summed E-state index contributed by atoms with van der Waals surface area (Å²) in [6, 6.07) is 0. The van der Waals surface area contributed by atoms with E-state index in [0.29, 0.717) is 5.41 Å². The Bertz CT molecular complexity index is 264. The molecule has 0 spiro atoms. The van der Waals surface area contributed by atoms with Crippen molar-refractivity contribution in [2.75, 3.05) is 0 Å². The van der Waals surface area contributed by atoms with Crippen LogP contribution in [0.2, 0.25) is 0 Å². The summed E-state index contributed by atoms with van der Waals surface area (Å²) in [6.07, 6.45) is 8.02. The molecular formula is C13H22O. The molecule has 2 aliphatic rings. The first kappa shape index (κ1) is 10.2. The highest BCUT2D eigenvalue weighted by Crippen LogP contribution is 2.54. The van der Waals surface area contributed by atoms with Crippen LogP contribution in [-0.4, -0.2) is 11.2 Å². The molecule has 0 aromatic heterocycles. The molecule has 0 bridgehead atoms. The lowest BCUT2D eigenvalue weighted by molar-refractivity contribution is 0.0107. The molecule has 1 saturated carbocycles.